The summed E-state index contributed by atoms with van der Waals surface area (Å²) in [5.41, 5.74) is 3.05. The Labute approximate surface area is 219 Å². The van der Waals surface area contributed by atoms with E-state index in [0.717, 1.165) is 5.69 Å². The van der Waals surface area contributed by atoms with Crippen molar-refractivity contribution >= 4 is 29.2 Å². The third kappa shape index (κ3) is 5.04. The van der Waals surface area contributed by atoms with Crippen molar-refractivity contribution in [1.82, 2.24) is 0 Å². The Kier molecular flexibility index (Phi) is 7.83. The Hall–Kier alpha value is -3.84. The predicted molar refractivity (Wildman–Crippen MR) is 139 cm³/mol. The number of hydrogen-bond donors (Lipinski definition) is 0. The van der Waals surface area contributed by atoms with Gasteiger partial charge in [-0.2, -0.15) is 0 Å². The lowest BCUT2D eigenvalue weighted by molar-refractivity contribution is -0.139. The van der Waals surface area contributed by atoms with E-state index in [1.807, 2.05) is 35.2 Å². The molecule has 2 heterocycles. The molecular weight excluding hydrogens is 497 g/mol. The SMILES string of the molecule is CCOC(=O)C1=C(C)N(c2ccccc2)C(C)=C(C(=O)OCC)C1c1ccc(-c2ccc(F)c(Cl)c2)o1. The maximum absolute atomic E-state index is 13.7. The number of carbonyl (C=O) groups excluding carboxylic acids is 2. The standard InChI is InChI=1S/C29H27ClFNO5/c1-5-35-28(33)25-17(3)32(20-10-8-7-9-11-20)18(4)26(29(34)36-6-2)27(25)24-15-14-23(37-24)19-12-13-22(31)21(30)16-19/h7-16,27H,5-6H2,1-4H3. The van der Waals surface area contributed by atoms with Crippen molar-refractivity contribution in [2.45, 2.75) is 33.6 Å². The topological polar surface area (TPSA) is 69.0 Å². The third-order valence-electron chi connectivity index (χ3n) is 6.15. The highest BCUT2D eigenvalue weighted by Crippen LogP contribution is 2.45. The molecule has 1 aliphatic heterocycles. The van der Waals surface area contributed by atoms with Gasteiger partial charge in [-0.15, -0.1) is 0 Å². The molecule has 0 saturated heterocycles. The van der Waals surface area contributed by atoms with E-state index in [4.69, 9.17) is 25.5 Å². The molecule has 1 aromatic heterocycles. The van der Waals surface area contributed by atoms with Crippen molar-refractivity contribution in [3.05, 3.63) is 99.8 Å². The van der Waals surface area contributed by atoms with Crippen molar-refractivity contribution in [3.63, 3.8) is 0 Å². The van der Waals surface area contributed by atoms with Gasteiger partial charge in [0.25, 0.3) is 0 Å². The molecule has 4 rings (SSSR count). The summed E-state index contributed by atoms with van der Waals surface area (Å²) in [6, 6.07) is 17.1. The zero-order valence-corrected chi connectivity index (χ0v) is 21.8. The van der Waals surface area contributed by atoms with E-state index in [2.05, 4.69) is 0 Å². The normalized spacial score (nSPS) is 14.3. The monoisotopic (exact) mass is 523 g/mol. The first-order valence-corrected chi connectivity index (χ1v) is 12.3. The summed E-state index contributed by atoms with van der Waals surface area (Å²) in [6.07, 6.45) is 0. The van der Waals surface area contributed by atoms with Crippen LogP contribution in [0.2, 0.25) is 5.02 Å². The maximum atomic E-state index is 13.7. The number of nitrogens with zero attached hydrogens (tertiary/aromatic N) is 1. The summed E-state index contributed by atoms with van der Waals surface area (Å²) in [4.78, 5) is 28.6. The first-order chi connectivity index (χ1) is 17.8. The molecule has 8 heteroatoms. The van der Waals surface area contributed by atoms with Crippen LogP contribution in [0.1, 0.15) is 39.4 Å². The molecule has 37 heavy (non-hydrogen) atoms. The molecule has 6 nitrogen and oxygen atoms in total. The lowest BCUT2D eigenvalue weighted by atomic mass is 9.82. The molecule has 2 aromatic carbocycles. The average molecular weight is 524 g/mol. The van der Waals surface area contributed by atoms with Crippen LogP contribution in [0.25, 0.3) is 11.3 Å². The van der Waals surface area contributed by atoms with Crippen molar-refractivity contribution < 1.29 is 27.9 Å². The fraction of sp³-hybridized carbons (Fsp3) is 0.241. The van der Waals surface area contributed by atoms with Gasteiger partial charge in [-0.05, 0) is 70.2 Å². The Morgan fingerprint density at radius 1 is 0.919 bits per heavy atom. The number of ether oxygens (including phenoxy) is 2. The van der Waals surface area contributed by atoms with E-state index < -0.39 is 23.7 Å². The Morgan fingerprint density at radius 3 is 2.05 bits per heavy atom. The summed E-state index contributed by atoms with van der Waals surface area (Å²) in [5, 5.41) is -0.0440. The van der Waals surface area contributed by atoms with Crippen LogP contribution in [0.5, 0.6) is 0 Å². The van der Waals surface area contributed by atoms with Gasteiger partial charge in [-0.1, -0.05) is 29.8 Å². The zero-order valence-electron chi connectivity index (χ0n) is 21.0. The second-order valence-corrected chi connectivity index (χ2v) is 8.78. The summed E-state index contributed by atoms with van der Waals surface area (Å²) in [5.74, 6) is -1.82. The molecule has 3 aromatic rings. The van der Waals surface area contributed by atoms with Crippen LogP contribution in [0.15, 0.2) is 87.6 Å². The first-order valence-electron chi connectivity index (χ1n) is 11.9. The largest absolute Gasteiger partial charge is 0.463 e. The fourth-order valence-corrected chi connectivity index (χ4v) is 4.75. The van der Waals surface area contributed by atoms with E-state index in [1.54, 1.807) is 45.9 Å². The van der Waals surface area contributed by atoms with E-state index in [9.17, 15) is 14.0 Å². The molecule has 1 aliphatic rings. The van der Waals surface area contributed by atoms with Gasteiger partial charge in [0.05, 0.1) is 35.3 Å². The first kappa shape index (κ1) is 26.2. The van der Waals surface area contributed by atoms with Gasteiger partial charge < -0.3 is 18.8 Å². The molecule has 0 fully saturated rings. The van der Waals surface area contributed by atoms with Gasteiger partial charge in [-0.25, -0.2) is 14.0 Å². The molecule has 0 aliphatic carbocycles. The van der Waals surface area contributed by atoms with Crippen molar-refractivity contribution in [2.75, 3.05) is 18.1 Å². The lowest BCUT2D eigenvalue weighted by Crippen LogP contribution is -2.35. The summed E-state index contributed by atoms with van der Waals surface area (Å²) >= 11 is 5.97. The number of allylic oxidation sites excluding steroid dienone is 2. The zero-order chi connectivity index (χ0) is 26.7. The minimum atomic E-state index is -0.886. The highest BCUT2D eigenvalue weighted by atomic mass is 35.5. The van der Waals surface area contributed by atoms with Crippen molar-refractivity contribution in [3.8, 4) is 11.3 Å². The van der Waals surface area contributed by atoms with Crippen molar-refractivity contribution in [2.24, 2.45) is 0 Å². The second-order valence-electron chi connectivity index (χ2n) is 8.37. The summed E-state index contributed by atoms with van der Waals surface area (Å²) in [7, 11) is 0. The molecule has 0 bridgehead atoms. The van der Waals surface area contributed by atoms with Gasteiger partial charge in [0, 0.05) is 22.6 Å². The average Bonchev–Trinajstić information content (AvgIpc) is 3.36. The predicted octanol–water partition coefficient (Wildman–Crippen LogP) is 7.02. The third-order valence-corrected chi connectivity index (χ3v) is 6.44. The van der Waals surface area contributed by atoms with E-state index >= 15 is 0 Å². The van der Waals surface area contributed by atoms with E-state index in [-0.39, 0.29) is 29.4 Å². The molecule has 0 amide bonds. The van der Waals surface area contributed by atoms with Gasteiger partial charge in [-0.3, -0.25) is 0 Å². The van der Waals surface area contributed by atoms with Crippen LogP contribution in [0.4, 0.5) is 10.1 Å². The molecule has 0 unspecified atom stereocenters. The van der Waals surface area contributed by atoms with Crippen LogP contribution < -0.4 is 4.90 Å². The molecular formula is C29H27ClFNO5. The number of carbonyl (C=O) groups is 2. The molecule has 0 N–H and O–H groups in total. The van der Waals surface area contributed by atoms with Gasteiger partial charge in [0.15, 0.2) is 0 Å². The number of para-hydroxylation sites is 1. The Balaban J connectivity index is 1.93. The number of rotatable bonds is 7. The molecule has 0 atom stereocenters. The smallest absolute Gasteiger partial charge is 0.336 e. The lowest BCUT2D eigenvalue weighted by Gasteiger charge is -2.37. The minimum Gasteiger partial charge on any atom is -0.463 e. The van der Waals surface area contributed by atoms with Gasteiger partial charge >= 0.3 is 11.9 Å². The number of esters is 2. The quantitative estimate of drug-likeness (QED) is 0.310. The van der Waals surface area contributed by atoms with Crippen molar-refractivity contribution in [1.29, 1.82) is 0 Å². The molecule has 0 radical (unpaired) electrons. The number of anilines is 1. The Bertz CT molecular complexity index is 1350. The summed E-state index contributed by atoms with van der Waals surface area (Å²) in [6.45, 7) is 7.36. The van der Waals surface area contributed by atoms with Gasteiger partial charge in [0.2, 0.25) is 0 Å². The van der Waals surface area contributed by atoms with Gasteiger partial charge in [0.1, 0.15) is 17.3 Å². The van der Waals surface area contributed by atoms with E-state index in [0.29, 0.717) is 28.5 Å². The number of benzene rings is 2. The van der Waals surface area contributed by atoms with Crippen LogP contribution in [-0.2, 0) is 19.1 Å². The highest BCUT2D eigenvalue weighted by Gasteiger charge is 2.42. The second kappa shape index (κ2) is 11.0. The minimum absolute atomic E-state index is 0.0440. The van der Waals surface area contributed by atoms with Crippen LogP contribution in [-0.4, -0.2) is 25.2 Å². The fourth-order valence-electron chi connectivity index (χ4n) is 4.56. The maximum Gasteiger partial charge on any atom is 0.336 e. The molecule has 0 spiro atoms. The number of furan rings is 1. The molecule has 192 valence electrons. The van der Waals surface area contributed by atoms with Crippen LogP contribution >= 0.6 is 11.6 Å². The number of halogens is 2. The number of hydrogen-bond acceptors (Lipinski definition) is 6. The van der Waals surface area contributed by atoms with E-state index in [1.165, 1.54) is 12.1 Å². The van der Waals surface area contributed by atoms with Crippen LogP contribution in [0.3, 0.4) is 0 Å². The Morgan fingerprint density at radius 2 is 1.51 bits per heavy atom. The molecule has 0 saturated carbocycles. The van der Waals surface area contributed by atoms with Crippen LogP contribution in [0, 0.1) is 5.82 Å². The summed E-state index contributed by atoms with van der Waals surface area (Å²) < 4.78 is 30.8. The highest BCUT2D eigenvalue weighted by molar-refractivity contribution is 6.31.